The summed E-state index contributed by atoms with van der Waals surface area (Å²) in [5, 5.41) is 18.3. The highest BCUT2D eigenvalue weighted by atomic mass is 32.2. The molecule has 1 aliphatic heterocycles. The van der Waals surface area contributed by atoms with E-state index in [1.807, 2.05) is 0 Å². The van der Waals surface area contributed by atoms with Crippen molar-refractivity contribution in [3.8, 4) is 5.75 Å². The Labute approximate surface area is 117 Å². The van der Waals surface area contributed by atoms with Crippen LogP contribution in [0.4, 0.5) is 5.69 Å². The molecule has 0 amide bonds. The third kappa shape index (κ3) is 3.40. The molecule has 0 spiro atoms. The van der Waals surface area contributed by atoms with E-state index >= 15 is 0 Å². The van der Waals surface area contributed by atoms with Crippen LogP contribution in [0.15, 0.2) is 18.2 Å². The maximum Gasteiger partial charge on any atom is 0.335 e. The monoisotopic (exact) mass is 300 g/mol. The van der Waals surface area contributed by atoms with Crippen LogP contribution in [0.1, 0.15) is 29.6 Å². The predicted octanol–water partition coefficient (Wildman–Crippen LogP) is 1.23. The molecule has 1 heterocycles. The molecule has 0 atom stereocenters. The third-order valence-electron chi connectivity index (χ3n) is 3.07. The molecule has 110 valence electrons. The minimum atomic E-state index is -3.72. The zero-order valence-corrected chi connectivity index (χ0v) is 11.6. The first-order valence-electron chi connectivity index (χ1n) is 6.24. The van der Waals surface area contributed by atoms with E-state index in [-0.39, 0.29) is 17.0 Å². The first-order valence-corrected chi connectivity index (χ1v) is 7.68. The van der Waals surface area contributed by atoms with Crippen LogP contribution in [0.2, 0.25) is 0 Å². The van der Waals surface area contributed by atoms with Gasteiger partial charge in [0.25, 0.3) is 0 Å². The number of anilines is 1. The van der Waals surface area contributed by atoms with Gasteiger partial charge in [0, 0.05) is 19.2 Å². The minimum Gasteiger partial charge on any atom is -0.508 e. The van der Waals surface area contributed by atoms with E-state index in [2.05, 4.69) is 4.72 Å². The molecule has 0 unspecified atom stereocenters. The predicted molar refractivity (Wildman–Crippen MR) is 73.0 cm³/mol. The van der Waals surface area contributed by atoms with Crippen LogP contribution in [0.3, 0.4) is 0 Å². The Morgan fingerprint density at radius 1 is 1.15 bits per heavy atom. The second-order valence-corrected chi connectivity index (χ2v) is 6.31. The lowest BCUT2D eigenvalue weighted by Crippen LogP contribution is -2.39. The molecular weight excluding hydrogens is 284 g/mol. The average Bonchev–Trinajstić information content (AvgIpc) is 2.38. The normalized spacial score (nSPS) is 16.8. The second-order valence-electron chi connectivity index (χ2n) is 4.64. The molecule has 1 aliphatic rings. The molecule has 3 N–H and O–H groups in total. The number of aromatic carboxylic acids is 1. The van der Waals surface area contributed by atoms with Gasteiger partial charge in [-0.3, -0.25) is 4.72 Å². The topological polar surface area (TPSA) is 107 Å². The van der Waals surface area contributed by atoms with Crippen LogP contribution in [-0.4, -0.2) is 42.0 Å². The number of phenols is 1. The van der Waals surface area contributed by atoms with E-state index in [0.717, 1.165) is 25.3 Å². The van der Waals surface area contributed by atoms with Crippen molar-refractivity contribution in [1.82, 2.24) is 4.31 Å². The van der Waals surface area contributed by atoms with Crippen LogP contribution >= 0.6 is 0 Å². The Morgan fingerprint density at radius 3 is 2.40 bits per heavy atom. The van der Waals surface area contributed by atoms with Gasteiger partial charge in [-0.1, -0.05) is 6.42 Å². The number of carboxylic acids is 1. The summed E-state index contributed by atoms with van der Waals surface area (Å²) in [7, 11) is -3.72. The van der Waals surface area contributed by atoms with Crippen molar-refractivity contribution in [1.29, 1.82) is 0 Å². The molecule has 0 saturated carbocycles. The highest BCUT2D eigenvalue weighted by molar-refractivity contribution is 7.90. The van der Waals surface area contributed by atoms with Crippen LogP contribution in [0, 0.1) is 0 Å². The van der Waals surface area contributed by atoms with Gasteiger partial charge in [0.1, 0.15) is 5.75 Å². The van der Waals surface area contributed by atoms with Crippen LogP contribution < -0.4 is 4.72 Å². The number of carboxylic acid groups (broad SMARTS) is 1. The van der Waals surface area contributed by atoms with Gasteiger partial charge in [-0.15, -0.1) is 0 Å². The number of phenolic OH excluding ortho intramolecular Hbond substituents is 1. The van der Waals surface area contributed by atoms with Gasteiger partial charge in [0.2, 0.25) is 0 Å². The highest BCUT2D eigenvalue weighted by Gasteiger charge is 2.24. The van der Waals surface area contributed by atoms with Crippen molar-refractivity contribution in [3.05, 3.63) is 23.8 Å². The number of hydrogen-bond acceptors (Lipinski definition) is 4. The summed E-state index contributed by atoms with van der Waals surface area (Å²) in [6, 6.07) is 3.40. The number of carbonyl (C=O) groups is 1. The maximum atomic E-state index is 12.1. The minimum absolute atomic E-state index is 0.0352. The molecule has 20 heavy (non-hydrogen) atoms. The van der Waals surface area contributed by atoms with Gasteiger partial charge in [-0.05, 0) is 25.0 Å². The Bertz CT molecular complexity index is 608. The van der Waals surface area contributed by atoms with E-state index in [4.69, 9.17) is 5.11 Å². The molecule has 0 aromatic heterocycles. The maximum absolute atomic E-state index is 12.1. The van der Waals surface area contributed by atoms with Crippen molar-refractivity contribution in [2.24, 2.45) is 0 Å². The Morgan fingerprint density at radius 2 is 1.80 bits per heavy atom. The van der Waals surface area contributed by atoms with E-state index in [1.165, 1.54) is 16.4 Å². The number of nitrogens with zero attached hydrogens (tertiary/aromatic N) is 1. The lowest BCUT2D eigenvalue weighted by molar-refractivity contribution is 0.0696. The standard InChI is InChI=1S/C12H16N2O5S/c15-11-7-9(12(16)17)6-10(8-11)13-20(18,19)14-4-2-1-3-5-14/h6-8,13,15H,1-5H2,(H,16,17). The molecule has 1 aromatic rings. The van der Waals surface area contributed by atoms with Crippen LogP contribution in [-0.2, 0) is 10.2 Å². The van der Waals surface area contributed by atoms with Crippen molar-refractivity contribution in [2.45, 2.75) is 19.3 Å². The third-order valence-corrected chi connectivity index (χ3v) is 4.61. The SMILES string of the molecule is O=C(O)c1cc(O)cc(NS(=O)(=O)N2CCCCC2)c1. The molecule has 7 nitrogen and oxygen atoms in total. The van der Waals surface area contributed by atoms with Gasteiger partial charge in [-0.25, -0.2) is 4.79 Å². The molecular formula is C12H16N2O5S. The highest BCUT2D eigenvalue weighted by Crippen LogP contribution is 2.22. The smallest absolute Gasteiger partial charge is 0.335 e. The number of rotatable bonds is 4. The summed E-state index contributed by atoms with van der Waals surface area (Å²) in [6.45, 7) is 0.889. The zero-order chi connectivity index (χ0) is 14.8. The van der Waals surface area contributed by atoms with Crippen LogP contribution in [0.25, 0.3) is 0 Å². The van der Waals surface area contributed by atoms with Gasteiger partial charge < -0.3 is 10.2 Å². The number of benzene rings is 1. The summed E-state index contributed by atoms with van der Waals surface area (Å²) in [6.07, 6.45) is 2.62. The van der Waals surface area contributed by atoms with Crippen molar-refractivity contribution in [3.63, 3.8) is 0 Å². The van der Waals surface area contributed by atoms with Gasteiger partial charge in [-0.2, -0.15) is 12.7 Å². The van der Waals surface area contributed by atoms with Crippen LogP contribution in [0.5, 0.6) is 5.75 Å². The summed E-state index contributed by atoms with van der Waals surface area (Å²) in [5.41, 5.74) is -0.144. The van der Waals surface area contributed by atoms with E-state index in [9.17, 15) is 18.3 Å². The number of hydrogen-bond donors (Lipinski definition) is 3. The second kappa shape index (κ2) is 5.68. The lowest BCUT2D eigenvalue weighted by atomic mass is 10.2. The molecule has 0 bridgehead atoms. The molecule has 1 fully saturated rings. The molecule has 2 rings (SSSR count). The fourth-order valence-corrected chi connectivity index (χ4v) is 3.40. The summed E-state index contributed by atoms with van der Waals surface area (Å²) >= 11 is 0. The summed E-state index contributed by atoms with van der Waals surface area (Å²) in [4.78, 5) is 10.9. The molecule has 0 aliphatic carbocycles. The van der Waals surface area contributed by atoms with E-state index in [0.29, 0.717) is 13.1 Å². The van der Waals surface area contributed by atoms with Gasteiger partial charge >= 0.3 is 16.2 Å². The Hall–Kier alpha value is -1.80. The van der Waals surface area contributed by atoms with Crippen molar-refractivity contribution < 1.29 is 23.4 Å². The largest absolute Gasteiger partial charge is 0.508 e. The quantitative estimate of drug-likeness (QED) is 0.775. The summed E-state index contributed by atoms with van der Waals surface area (Å²) in [5.74, 6) is -1.54. The van der Waals surface area contributed by atoms with Gasteiger partial charge in [0.15, 0.2) is 0 Å². The zero-order valence-electron chi connectivity index (χ0n) is 10.7. The Balaban J connectivity index is 2.22. The number of nitrogens with one attached hydrogen (secondary N) is 1. The van der Waals surface area contributed by atoms with Gasteiger partial charge in [0.05, 0.1) is 11.3 Å². The van der Waals surface area contributed by atoms with Crippen molar-refractivity contribution >= 4 is 21.9 Å². The molecule has 1 aromatic carbocycles. The molecule has 1 saturated heterocycles. The fourth-order valence-electron chi connectivity index (χ4n) is 2.11. The number of piperidine rings is 1. The lowest BCUT2D eigenvalue weighted by Gasteiger charge is -2.26. The first-order chi connectivity index (χ1) is 9.38. The fraction of sp³-hybridized carbons (Fsp3) is 0.417. The van der Waals surface area contributed by atoms with E-state index in [1.54, 1.807) is 0 Å². The summed E-state index contributed by atoms with van der Waals surface area (Å²) < 4.78 is 27.9. The first kappa shape index (κ1) is 14.6. The number of aromatic hydroxyl groups is 1. The Kier molecular flexibility index (Phi) is 4.15. The van der Waals surface area contributed by atoms with E-state index < -0.39 is 16.2 Å². The average molecular weight is 300 g/mol. The van der Waals surface area contributed by atoms with Crippen molar-refractivity contribution in [2.75, 3.05) is 17.8 Å². The molecule has 8 heteroatoms. The molecule has 0 radical (unpaired) electrons.